The van der Waals surface area contributed by atoms with Gasteiger partial charge in [-0.1, -0.05) is 19.1 Å². The molecule has 1 aromatic carbocycles. The molecule has 1 N–H and O–H groups in total. The molecule has 0 saturated carbocycles. The minimum atomic E-state index is 0.962. The minimum Gasteiger partial charge on any atom is -0.313 e. The van der Waals surface area contributed by atoms with Gasteiger partial charge in [0.1, 0.15) is 0 Å². The van der Waals surface area contributed by atoms with Crippen LogP contribution in [0.1, 0.15) is 24.6 Å². The van der Waals surface area contributed by atoms with Crippen LogP contribution in [-0.4, -0.2) is 22.1 Å². The Morgan fingerprint density at radius 1 is 1.30 bits per heavy atom. The Balaban J connectivity index is 1.80. The van der Waals surface area contributed by atoms with Crippen LogP contribution in [0.2, 0.25) is 0 Å². The van der Waals surface area contributed by atoms with E-state index in [0.717, 1.165) is 25.3 Å². The summed E-state index contributed by atoms with van der Waals surface area (Å²) in [5.74, 6) is 1.09. The van der Waals surface area contributed by atoms with Crippen molar-refractivity contribution >= 4 is 11.8 Å². The maximum atomic E-state index is 4.20. The van der Waals surface area contributed by atoms with E-state index in [1.807, 2.05) is 29.7 Å². The average Bonchev–Trinajstić information content (AvgIpc) is 2.85. The largest absolute Gasteiger partial charge is 0.313 e. The van der Waals surface area contributed by atoms with E-state index in [2.05, 4.69) is 47.7 Å². The highest BCUT2D eigenvalue weighted by Crippen LogP contribution is 2.20. The highest BCUT2D eigenvalue weighted by molar-refractivity contribution is 7.99. The quantitative estimate of drug-likeness (QED) is 0.597. The highest BCUT2D eigenvalue weighted by Gasteiger charge is 2.00. The van der Waals surface area contributed by atoms with E-state index >= 15 is 0 Å². The fourth-order valence-corrected chi connectivity index (χ4v) is 3.03. The molecule has 0 radical (unpaired) electrons. The number of hydrogen-bond acceptors (Lipinski definition) is 3. The third-order valence-electron chi connectivity index (χ3n) is 3.20. The zero-order valence-electron chi connectivity index (χ0n) is 12.3. The van der Waals surface area contributed by atoms with Gasteiger partial charge in [0, 0.05) is 36.1 Å². The highest BCUT2D eigenvalue weighted by atomic mass is 32.2. The molecule has 0 aliphatic rings. The molecule has 0 amide bonds. The molecule has 0 saturated heterocycles. The number of thioether (sulfide) groups is 1. The van der Waals surface area contributed by atoms with Crippen molar-refractivity contribution in [3.8, 4) is 0 Å². The summed E-state index contributed by atoms with van der Waals surface area (Å²) in [6.07, 6.45) is 4.10. The van der Waals surface area contributed by atoms with Gasteiger partial charge in [-0.15, -0.1) is 11.8 Å². The van der Waals surface area contributed by atoms with E-state index in [-0.39, 0.29) is 0 Å². The Hall–Kier alpha value is -1.26. The van der Waals surface area contributed by atoms with E-state index in [0.29, 0.717) is 0 Å². The fourth-order valence-electron chi connectivity index (χ4n) is 2.07. The monoisotopic (exact) mass is 289 g/mol. The number of aromatic nitrogens is 2. The minimum absolute atomic E-state index is 0.962. The van der Waals surface area contributed by atoms with Crippen LogP contribution >= 0.6 is 11.8 Å². The molecule has 1 heterocycles. The number of benzene rings is 1. The normalized spacial score (nSPS) is 10.9. The molecule has 3 nitrogen and oxygen atoms in total. The Kier molecular flexibility index (Phi) is 6.15. The molecule has 2 rings (SSSR count). The lowest BCUT2D eigenvalue weighted by Crippen LogP contribution is -2.13. The van der Waals surface area contributed by atoms with Crippen molar-refractivity contribution in [1.82, 2.24) is 15.1 Å². The second-order valence-corrected chi connectivity index (χ2v) is 6.04. The Bertz CT molecular complexity index is 522. The molecule has 4 heteroatoms. The predicted octanol–water partition coefficient (Wildman–Crippen LogP) is 3.25. The summed E-state index contributed by atoms with van der Waals surface area (Å²) < 4.78 is 1.95. The maximum absolute atomic E-state index is 4.20. The van der Waals surface area contributed by atoms with Crippen molar-refractivity contribution in [3.63, 3.8) is 0 Å². The van der Waals surface area contributed by atoms with Crippen molar-refractivity contribution in [3.05, 3.63) is 47.8 Å². The Morgan fingerprint density at radius 2 is 2.20 bits per heavy atom. The molecule has 0 atom stereocenters. The van der Waals surface area contributed by atoms with Crippen molar-refractivity contribution in [1.29, 1.82) is 0 Å². The van der Waals surface area contributed by atoms with Gasteiger partial charge in [0.25, 0.3) is 0 Å². The van der Waals surface area contributed by atoms with Crippen LogP contribution in [0.3, 0.4) is 0 Å². The molecule has 0 aliphatic heterocycles. The third kappa shape index (κ3) is 4.69. The molecule has 20 heavy (non-hydrogen) atoms. The van der Waals surface area contributed by atoms with Gasteiger partial charge in [0.2, 0.25) is 0 Å². The van der Waals surface area contributed by atoms with Crippen molar-refractivity contribution in [2.75, 3.05) is 12.3 Å². The SMILES string of the molecule is CCCNCc1cccc(SCCc2ccnn2C)c1. The Morgan fingerprint density at radius 3 is 2.95 bits per heavy atom. The molecule has 0 aliphatic carbocycles. The predicted molar refractivity (Wildman–Crippen MR) is 86.1 cm³/mol. The first-order valence-electron chi connectivity index (χ1n) is 7.19. The van der Waals surface area contributed by atoms with Crippen LogP contribution in [0.25, 0.3) is 0 Å². The molecule has 108 valence electrons. The zero-order valence-corrected chi connectivity index (χ0v) is 13.1. The summed E-state index contributed by atoms with van der Waals surface area (Å²) >= 11 is 1.91. The Labute approximate surface area is 125 Å². The van der Waals surface area contributed by atoms with Gasteiger partial charge < -0.3 is 5.32 Å². The first kappa shape index (κ1) is 15.1. The average molecular weight is 289 g/mol. The van der Waals surface area contributed by atoms with Gasteiger partial charge >= 0.3 is 0 Å². The topological polar surface area (TPSA) is 29.9 Å². The van der Waals surface area contributed by atoms with E-state index in [9.17, 15) is 0 Å². The van der Waals surface area contributed by atoms with Crippen LogP contribution in [-0.2, 0) is 20.0 Å². The van der Waals surface area contributed by atoms with Crippen LogP contribution in [0.4, 0.5) is 0 Å². The second kappa shape index (κ2) is 8.12. The molecule has 0 bridgehead atoms. The summed E-state index contributed by atoms with van der Waals surface area (Å²) in [5.41, 5.74) is 2.65. The summed E-state index contributed by atoms with van der Waals surface area (Å²) in [5, 5.41) is 7.64. The van der Waals surface area contributed by atoms with E-state index in [1.54, 1.807) is 0 Å². The molecule has 0 unspecified atom stereocenters. The summed E-state index contributed by atoms with van der Waals surface area (Å²) in [6.45, 7) is 4.24. The summed E-state index contributed by atoms with van der Waals surface area (Å²) in [4.78, 5) is 1.35. The van der Waals surface area contributed by atoms with Gasteiger partial charge in [-0.3, -0.25) is 4.68 Å². The van der Waals surface area contributed by atoms with Crippen LogP contribution < -0.4 is 5.32 Å². The zero-order chi connectivity index (χ0) is 14.2. The molecular formula is C16H23N3S. The summed E-state index contributed by atoms with van der Waals surface area (Å²) in [6, 6.07) is 10.9. The molecule has 0 spiro atoms. The molecule has 0 fully saturated rings. The van der Waals surface area contributed by atoms with E-state index in [4.69, 9.17) is 0 Å². The van der Waals surface area contributed by atoms with Crippen LogP contribution in [0, 0.1) is 0 Å². The third-order valence-corrected chi connectivity index (χ3v) is 4.20. The molecular weight excluding hydrogens is 266 g/mol. The number of rotatable bonds is 8. The second-order valence-electron chi connectivity index (χ2n) is 4.87. The van der Waals surface area contributed by atoms with Crippen LogP contribution in [0.15, 0.2) is 41.4 Å². The van der Waals surface area contributed by atoms with Gasteiger partial charge in [0.05, 0.1) is 0 Å². The van der Waals surface area contributed by atoms with Crippen molar-refractivity contribution in [2.45, 2.75) is 31.2 Å². The number of hydrogen-bond donors (Lipinski definition) is 1. The van der Waals surface area contributed by atoms with Crippen molar-refractivity contribution in [2.24, 2.45) is 7.05 Å². The maximum Gasteiger partial charge on any atom is 0.0492 e. The molecule has 2 aromatic rings. The van der Waals surface area contributed by atoms with Gasteiger partial charge in [0.15, 0.2) is 0 Å². The lowest BCUT2D eigenvalue weighted by molar-refractivity contribution is 0.674. The number of nitrogens with zero attached hydrogens (tertiary/aromatic N) is 2. The lowest BCUT2D eigenvalue weighted by Gasteiger charge is -2.06. The standard InChI is InChI=1S/C16H23N3S/c1-3-9-17-13-14-5-4-6-16(12-14)20-11-8-15-7-10-18-19(15)2/h4-7,10,12,17H,3,8-9,11,13H2,1-2H3. The van der Waals surface area contributed by atoms with Gasteiger partial charge in [-0.25, -0.2) is 0 Å². The molecule has 1 aromatic heterocycles. The van der Waals surface area contributed by atoms with Crippen LogP contribution in [0.5, 0.6) is 0 Å². The van der Waals surface area contributed by atoms with Gasteiger partial charge in [-0.2, -0.15) is 5.10 Å². The number of aryl methyl sites for hydroxylation is 2. The van der Waals surface area contributed by atoms with Crippen molar-refractivity contribution < 1.29 is 0 Å². The fraction of sp³-hybridized carbons (Fsp3) is 0.438. The summed E-state index contributed by atoms with van der Waals surface area (Å²) in [7, 11) is 2.00. The first-order valence-corrected chi connectivity index (χ1v) is 8.17. The smallest absolute Gasteiger partial charge is 0.0492 e. The van der Waals surface area contributed by atoms with E-state index in [1.165, 1.54) is 22.6 Å². The van der Waals surface area contributed by atoms with E-state index < -0.39 is 0 Å². The number of nitrogens with one attached hydrogen (secondary N) is 1. The first-order chi connectivity index (χ1) is 9.79. The lowest BCUT2D eigenvalue weighted by atomic mass is 10.2. The van der Waals surface area contributed by atoms with Gasteiger partial charge in [-0.05, 0) is 43.1 Å².